The third-order valence-electron chi connectivity index (χ3n) is 2.03. The van der Waals surface area contributed by atoms with Crippen LogP contribution in [0.5, 0.6) is 5.75 Å². The van der Waals surface area contributed by atoms with Gasteiger partial charge in [0.15, 0.2) is 0 Å². The van der Waals surface area contributed by atoms with Crippen molar-refractivity contribution in [2.24, 2.45) is 0 Å². The van der Waals surface area contributed by atoms with Crippen LogP contribution >= 0.6 is 27.7 Å². The number of thioether (sulfide) groups is 1. The van der Waals surface area contributed by atoms with Gasteiger partial charge in [0.2, 0.25) is 0 Å². The van der Waals surface area contributed by atoms with Gasteiger partial charge in [-0.15, -0.1) is 11.8 Å². The Hall–Kier alpha value is -1.00. The number of benzene rings is 1. The van der Waals surface area contributed by atoms with Gasteiger partial charge in [0.1, 0.15) is 5.75 Å². The summed E-state index contributed by atoms with van der Waals surface area (Å²) in [6.45, 7) is 0. The van der Waals surface area contributed by atoms with E-state index in [4.69, 9.17) is 0 Å². The van der Waals surface area contributed by atoms with Crippen molar-refractivity contribution in [3.05, 3.63) is 52.8 Å². The third kappa shape index (κ3) is 3.00. The van der Waals surface area contributed by atoms with Crippen molar-refractivity contribution in [3.8, 4) is 5.75 Å². The standard InChI is InChI=1S/C12H10BrNOS/c13-9-5-6-10(14-7-9)8-16-12-4-2-1-3-11(12)15/h1-7,15H,8H2. The fourth-order valence-electron chi connectivity index (χ4n) is 1.22. The molecule has 0 aliphatic carbocycles. The Labute approximate surface area is 107 Å². The molecule has 2 rings (SSSR count). The summed E-state index contributed by atoms with van der Waals surface area (Å²) in [5.41, 5.74) is 0.997. The Balaban J connectivity index is 2.02. The molecule has 2 aromatic rings. The molecule has 1 aromatic heterocycles. The fraction of sp³-hybridized carbons (Fsp3) is 0.0833. The summed E-state index contributed by atoms with van der Waals surface area (Å²) in [7, 11) is 0. The Bertz CT molecular complexity index is 473. The van der Waals surface area contributed by atoms with Crippen LogP contribution in [0.1, 0.15) is 5.69 Å². The van der Waals surface area contributed by atoms with Crippen LogP contribution in [0.4, 0.5) is 0 Å². The van der Waals surface area contributed by atoms with Crippen molar-refractivity contribution in [3.63, 3.8) is 0 Å². The molecule has 82 valence electrons. The second kappa shape index (κ2) is 5.37. The average Bonchev–Trinajstić information content (AvgIpc) is 2.30. The van der Waals surface area contributed by atoms with E-state index in [1.807, 2.05) is 30.3 Å². The quantitative estimate of drug-likeness (QED) is 0.874. The SMILES string of the molecule is Oc1ccccc1SCc1ccc(Br)cn1. The Kier molecular flexibility index (Phi) is 3.85. The van der Waals surface area contributed by atoms with Gasteiger partial charge in [0, 0.05) is 21.3 Å². The molecule has 4 heteroatoms. The van der Waals surface area contributed by atoms with Gasteiger partial charge < -0.3 is 5.11 Å². The summed E-state index contributed by atoms with van der Waals surface area (Å²) in [5.74, 6) is 1.08. The molecule has 0 radical (unpaired) electrons. The first-order valence-electron chi connectivity index (χ1n) is 4.77. The number of phenols is 1. The molecule has 0 amide bonds. The van der Waals surface area contributed by atoms with E-state index < -0.39 is 0 Å². The van der Waals surface area contributed by atoms with E-state index in [-0.39, 0.29) is 0 Å². The predicted octanol–water partition coefficient (Wildman–Crippen LogP) is 3.84. The minimum Gasteiger partial charge on any atom is -0.507 e. The van der Waals surface area contributed by atoms with Gasteiger partial charge in [-0.05, 0) is 40.2 Å². The van der Waals surface area contributed by atoms with E-state index in [2.05, 4.69) is 20.9 Å². The minimum atomic E-state index is 0.324. The number of aromatic nitrogens is 1. The maximum atomic E-state index is 9.58. The van der Waals surface area contributed by atoms with E-state index in [1.165, 1.54) is 0 Å². The number of pyridine rings is 1. The van der Waals surface area contributed by atoms with E-state index >= 15 is 0 Å². The Morgan fingerprint density at radius 1 is 1.19 bits per heavy atom. The van der Waals surface area contributed by atoms with Crippen molar-refractivity contribution in [1.29, 1.82) is 0 Å². The zero-order valence-corrected chi connectivity index (χ0v) is 10.8. The van der Waals surface area contributed by atoms with Crippen molar-refractivity contribution in [2.75, 3.05) is 0 Å². The van der Waals surface area contributed by atoms with Crippen LogP contribution in [-0.2, 0) is 5.75 Å². The van der Waals surface area contributed by atoms with Crippen LogP contribution < -0.4 is 0 Å². The smallest absolute Gasteiger partial charge is 0.129 e. The number of para-hydroxylation sites is 1. The molecule has 0 saturated heterocycles. The van der Waals surface area contributed by atoms with E-state index in [0.29, 0.717) is 5.75 Å². The van der Waals surface area contributed by atoms with E-state index in [1.54, 1.807) is 24.0 Å². The molecule has 0 aliphatic heterocycles. The van der Waals surface area contributed by atoms with Crippen LogP contribution in [0.15, 0.2) is 52.0 Å². The van der Waals surface area contributed by atoms with Gasteiger partial charge in [0.05, 0.1) is 5.69 Å². The lowest BCUT2D eigenvalue weighted by Crippen LogP contribution is -1.85. The van der Waals surface area contributed by atoms with Crippen molar-refractivity contribution in [1.82, 2.24) is 4.98 Å². The van der Waals surface area contributed by atoms with Crippen LogP contribution in [0.3, 0.4) is 0 Å². The molecule has 1 aromatic carbocycles. The highest BCUT2D eigenvalue weighted by Gasteiger charge is 2.01. The summed E-state index contributed by atoms with van der Waals surface area (Å²) < 4.78 is 0.976. The zero-order chi connectivity index (χ0) is 11.4. The Morgan fingerprint density at radius 2 is 2.00 bits per heavy atom. The molecule has 0 fully saturated rings. The highest BCUT2D eigenvalue weighted by molar-refractivity contribution is 9.10. The normalized spacial score (nSPS) is 10.3. The number of halogens is 1. The second-order valence-electron chi connectivity index (χ2n) is 3.22. The summed E-state index contributed by atoms with van der Waals surface area (Å²) in [4.78, 5) is 5.16. The molecule has 0 bridgehead atoms. The number of aromatic hydroxyl groups is 1. The molecule has 0 atom stereocenters. The first kappa shape index (κ1) is 11.5. The second-order valence-corrected chi connectivity index (χ2v) is 5.16. The zero-order valence-electron chi connectivity index (χ0n) is 8.43. The van der Waals surface area contributed by atoms with Crippen molar-refractivity contribution < 1.29 is 5.11 Å². The molecule has 0 spiro atoms. The summed E-state index contributed by atoms with van der Waals surface area (Å²) in [5, 5.41) is 9.58. The highest BCUT2D eigenvalue weighted by Crippen LogP contribution is 2.29. The molecule has 1 N–H and O–H groups in total. The number of phenolic OH excluding ortho intramolecular Hbond substituents is 1. The molecule has 2 nitrogen and oxygen atoms in total. The summed E-state index contributed by atoms with van der Waals surface area (Å²) in [6.07, 6.45) is 1.78. The first-order chi connectivity index (χ1) is 7.75. The van der Waals surface area contributed by atoms with Gasteiger partial charge in [-0.1, -0.05) is 12.1 Å². The molecule has 1 heterocycles. The van der Waals surface area contributed by atoms with Gasteiger partial charge in [-0.3, -0.25) is 4.98 Å². The molecular weight excluding hydrogens is 286 g/mol. The number of hydrogen-bond donors (Lipinski definition) is 1. The number of rotatable bonds is 3. The monoisotopic (exact) mass is 295 g/mol. The largest absolute Gasteiger partial charge is 0.507 e. The topological polar surface area (TPSA) is 33.1 Å². The van der Waals surface area contributed by atoms with Crippen molar-refractivity contribution in [2.45, 2.75) is 10.6 Å². The first-order valence-corrected chi connectivity index (χ1v) is 6.55. The lowest BCUT2D eigenvalue weighted by atomic mass is 10.3. The van der Waals surface area contributed by atoms with Gasteiger partial charge >= 0.3 is 0 Å². The van der Waals surface area contributed by atoms with Crippen LogP contribution in [0.2, 0.25) is 0 Å². The van der Waals surface area contributed by atoms with E-state index in [0.717, 1.165) is 20.8 Å². The van der Waals surface area contributed by atoms with E-state index in [9.17, 15) is 5.11 Å². The van der Waals surface area contributed by atoms with Gasteiger partial charge in [-0.2, -0.15) is 0 Å². The number of nitrogens with zero attached hydrogens (tertiary/aromatic N) is 1. The maximum absolute atomic E-state index is 9.58. The summed E-state index contributed by atoms with van der Waals surface area (Å²) in [6, 6.07) is 11.3. The van der Waals surface area contributed by atoms with Gasteiger partial charge in [-0.25, -0.2) is 0 Å². The van der Waals surface area contributed by atoms with Crippen molar-refractivity contribution >= 4 is 27.7 Å². The predicted molar refractivity (Wildman–Crippen MR) is 69.6 cm³/mol. The maximum Gasteiger partial charge on any atom is 0.129 e. The van der Waals surface area contributed by atoms with Crippen LogP contribution in [-0.4, -0.2) is 10.1 Å². The lowest BCUT2D eigenvalue weighted by Gasteiger charge is -2.03. The fourth-order valence-corrected chi connectivity index (χ4v) is 2.32. The lowest BCUT2D eigenvalue weighted by molar-refractivity contribution is 0.462. The number of hydrogen-bond acceptors (Lipinski definition) is 3. The Morgan fingerprint density at radius 3 is 2.69 bits per heavy atom. The average molecular weight is 296 g/mol. The third-order valence-corrected chi connectivity index (χ3v) is 3.59. The molecule has 0 saturated carbocycles. The molecular formula is C12H10BrNOS. The van der Waals surface area contributed by atoms with Crippen LogP contribution in [0.25, 0.3) is 0 Å². The molecule has 0 unspecified atom stereocenters. The molecule has 16 heavy (non-hydrogen) atoms. The van der Waals surface area contributed by atoms with Crippen LogP contribution in [0, 0.1) is 0 Å². The molecule has 0 aliphatic rings. The highest BCUT2D eigenvalue weighted by atomic mass is 79.9. The minimum absolute atomic E-state index is 0.324. The summed E-state index contributed by atoms with van der Waals surface area (Å²) >= 11 is 4.92. The van der Waals surface area contributed by atoms with Gasteiger partial charge in [0.25, 0.3) is 0 Å².